The van der Waals surface area contributed by atoms with Crippen molar-refractivity contribution >= 4 is 11.9 Å². The monoisotopic (exact) mass is 253 g/mol. The molecule has 0 aromatic carbocycles. The molecule has 2 rings (SSSR count). The molecule has 100 valence electrons. The molecule has 1 unspecified atom stereocenters. The standard InChI is InChI=1S/C11H19N5O2/c1-4-12-8-13-9(15-10(14-8)18-3)16-6-5-11(2,17)7-16/h17H,4-7H2,1-3H3,(H,12,13,14,15). The van der Waals surface area contributed by atoms with Crippen LogP contribution in [0.4, 0.5) is 11.9 Å². The van der Waals surface area contributed by atoms with Crippen LogP contribution < -0.4 is 15.0 Å². The number of ether oxygens (including phenoxy) is 1. The molecule has 1 aromatic heterocycles. The second-order valence-corrected chi connectivity index (χ2v) is 4.64. The number of anilines is 2. The zero-order valence-electron chi connectivity index (χ0n) is 11.0. The van der Waals surface area contributed by atoms with Gasteiger partial charge in [0, 0.05) is 19.6 Å². The number of nitrogens with zero attached hydrogens (tertiary/aromatic N) is 4. The van der Waals surface area contributed by atoms with Crippen LogP contribution in [0.1, 0.15) is 20.3 Å². The number of aliphatic hydroxyl groups is 1. The summed E-state index contributed by atoms with van der Waals surface area (Å²) in [7, 11) is 1.52. The van der Waals surface area contributed by atoms with E-state index in [0.29, 0.717) is 24.9 Å². The quantitative estimate of drug-likeness (QED) is 0.797. The van der Waals surface area contributed by atoms with Crippen LogP contribution in [0.3, 0.4) is 0 Å². The van der Waals surface area contributed by atoms with E-state index in [2.05, 4.69) is 20.3 Å². The second-order valence-electron chi connectivity index (χ2n) is 4.64. The third-order valence-electron chi connectivity index (χ3n) is 2.86. The maximum atomic E-state index is 9.97. The van der Waals surface area contributed by atoms with Crippen LogP contribution in [0.5, 0.6) is 6.01 Å². The molecule has 2 N–H and O–H groups in total. The van der Waals surface area contributed by atoms with E-state index in [1.165, 1.54) is 7.11 Å². The van der Waals surface area contributed by atoms with Gasteiger partial charge in [-0.25, -0.2) is 0 Å². The average molecular weight is 253 g/mol. The number of aromatic nitrogens is 3. The van der Waals surface area contributed by atoms with Crippen molar-refractivity contribution in [3.05, 3.63) is 0 Å². The molecule has 0 aliphatic carbocycles. The fourth-order valence-electron chi connectivity index (χ4n) is 1.93. The molecule has 0 saturated carbocycles. The van der Waals surface area contributed by atoms with Gasteiger partial charge in [-0.3, -0.25) is 0 Å². The Morgan fingerprint density at radius 2 is 2.22 bits per heavy atom. The second kappa shape index (κ2) is 4.93. The molecule has 7 heteroatoms. The maximum absolute atomic E-state index is 9.97. The number of methoxy groups -OCH3 is 1. The predicted octanol–water partition coefficient (Wildman–Crippen LogP) is 0.273. The number of hydrogen-bond donors (Lipinski definition) is 2. The SMILES string of the molecule is CCNc1nc(OC)nc(N2CCC(C)(O)C2)n1. The Hall–Kier alpha value is -1.63. The highest BCUT2D eigenvalue weighted by Crippen LogP contribution is 2.25. The molecular formula is C11H19N5O2. The van der Waals surface area contributed by atoms with E-state index in [1.54, 1.807) is 0 Å². The van der Waals surface area contributed by atoms with Crippen molar-refractivity contribution in [3.63, 3.8) is 0 Å². The summed E-state index contributed by atoms with van der Waals surface area (Å²) >= 11 is 0. The zero-order chi connectivity index (χ0) is 13.2. The minimum Gasteiger partial charge on any atom is -0.467 e. The molecule has 1 fully saturated rings. The average Bonchev–Trinajstić information content (AvgIpc) is 2.70. The summed E-state index contributed by atoms with van der Waals surface area (Å²) in [6, 6.07) is 0.280. The Bertz CT molecular complexity index is 424. The minimum atomic E-state index is -0.682. The van der Waals surface area contributed by atoms with Crippen molar-refractivity contribution in [2.75, 3.05) is 37.0 Å². The smallest absolute Gasteiger partial charge is 0.322 e. The molecule has 1 aliphatic heterocycles. The first kappa shape index (κ1) is 12.8. The Balaban J connectivity index is 2.24. The number of nitrogens with one attached hydrogen (secondary N) is 1. The van der Waals surface area contributed by atoms with Crippen molar-refractivity contribution in [2.45, 2.75) is 25.9 Å². The molecule has 1 atom stereocenters. The molecule has 0 amide bonds. The van der Waals surface area contributed by atoms with E-state index < -0.39 is 5.60 Å². The highest BCUT2D eigenvalue weighted by molar-refractivity contribution is 5.40. The molecule has 2 heterocycles. The molecule has 0 radical (unpaired) electrons. The van der Waals surface area contributed by atoms with Gasteiger partial charge in [-0.1, -0.05) is 0 Å². The molecule has 0 bridgehead atoms. The lowest BCUT2D eigenvalue weighted by atomic mass is 10.1. The van der Waals surface area contributed by atoms with E-state index in [9.17, 15) is 5.11 Å². The van der Waals surface area contributed by atoms with Crippen molar-refractivity contribution in [2.24, 2.45) is 0 Å². The van der Waals surface area contributed by atoms with Crippen LogP contribution >= 0.6 is 0 Å². The lowest BCUT2D eigenvalue weighted by Crippen LogP contribution is -2.30. The van der Waals surface area contributed by atoms with Crippen molar-refractivity contribution < 1.29 is 9.84 Å². The van der Waals surface area contributed by atoms with Crippen molar-refractivity contribution in [1.29, 1.82) is 0 Å². The van der Waals surface area contributed by atoms with Gasteiger partial charge in [-0.15, -0.1) is 0 Å². The first-order valence-corrected chi connectivity index (χ1v) is 6.05. The van der Waals surface area contributed by atoms with Crippen LogP contribution in [0.2, 0.25) is 0 Å². The summed E-state index contributed by atoms with van der Waals surface area (Å²) in [6.07, 6.45) is 0.706. The summed E-state index contributed by atoms with van der Waals surface area (Å²) in [5, 5.41) is 13.0. The van der Waals surface area contributed by atoms with Gasteiger partial charge in [-0.2, -0.15) is 15.0 Å². The summed E-state index contributed by atoms with van der Waals surface area (Å²) in [4.78, 5) is 14.6. The Labute approximate surface area is 106 Å². The van der Waals surface area contributed by atoms with E-state index >= 15 is 0 Å². The normalized spacial score (nSPS) is 23.2. The van der Waals surface area contributed by atoms with E-state index in [-0.39, 0.29) is 6.01 Å². The third kappa shape index (κ3) is 2.79. The first-order valence-electron chi connectivity index (χ1n) is 6.05. The third-order valence-corrected chi connectivity index (χ3v) is 2.86. The minimum absolute atomic E-state index is 0.280. The predicted molar refractivity (Wildman–Crippen MR) is 68.0 cm³/mol. The fraction of sp³-hybridized carbons (Fsp3) is 0.727. The van der Waals surface area contributed by atoms with Crippen molar-refractivity contribution in [3.8, 4) is 6.01 Å². The number of β-amino-alcohol motifs (C(OH)–C–C–N with tert-alkyl or cyclic N) is 1. The molecule has 1 saturated heterocycles. The molecule has 18 heavy (non-hydrogen) atoms. The summed E-state index contributed by atoms with van der Waals surface area (Å²) in [6.45, 7) is 5.76. The van der Waals surface area contributed by atoms with Gasteiger partial charge >= 0.3 is 6.01 Å². The van der Waals surface area contributed by atoms with Gasteiger partial charge in [-0.05, 0) is 20.3 Å². The summed E-state index contributed by atoms with van der Waals surface area (Å²) < 4.78 is 5.06. The van der Waals surface area contributed by atoms with Crippen LogP contribution in [0, 0.1) is 0 Å². The fourth-order valence-corrected chi connectivity index (χ4v) is 1.93. The van der Waals surface area contributed by atoms with E-state index in [0.717, 1.165) is 13.1 Å². The Morgan fingerprint density at radius 3 is 2.78 bits per heavy atom. The summed E-state index contributed by atoms with van der Waals surface area (Å²) in [5.74, 6) is 1.03. The molecular weight excluding hydrogens is 234 g/mol. The van der Waals surface area contributed by atoms with Gasteiger partial charge in [0.25, 0.3) is 0 Å². The molecule has 1 aromatic rings. The van der Waals surface area contributed by atoms with Gasteiger partial charge in [0.1, 0.15) is 0 Å². The lowest BCUT2D eigenvalue weighted by Gasteiger charge is -2.19. The number of hydrogen-bond acceptors (Lipinski definition) is 7. The molecule has 7 nitrogen and oxygen atoms in total. The number of rotatable bonds is 4. The molecule has 1 aliphatic rings. The summed E-state index contributed by atoms with van der Waals surface area (Å²) in [5.41, 5.74) is -0.682. The highest BCUT2D eigenvalue weighted by atomic mass is 16.5. The van der Waals surface area contributed by atoms with Gasteiger partial charge in [0.2, 0.25) is 11.9 Å². The molecule has 0 spiro atoms. The van der Waals surface area contributed by atoms with Crippen LogP contribution in [0.25, 0.3) is 0 Å². The largest absolute Gasteiger partial charge is 0.467 e. The van der Waals surface area contributed by atoms with E-state index in [1.807, 2.05) is 18.7 Å². The van der Waals surface area contributed by atoms with Crippen molar-refractivity contribution in [1.82, 2.24) is 15.0 Å². The zero-order valence-corrected chi connectivity index (χ0v) is 11.0. The van der Waals surface area contributed by atoms with Crippen LogP contribution in [-0.4, -0.2) is 52.4 Å². The lowest BCUT2D eigenvalue weighted by molar-refractivity contribution is 0.0838. The van der Waals surface area contributed by atoms with Gasteiger partial charge in [0.05, 0.1) is 12.7 Å². The maximum Gasteiger partial charge on any atom is 0.322 e. The van der Waals surface area contributed by atoms with Crippen LogP contribution in [-0.2, 0) is 0 Å². The highest BCUT2D eigenvalue weighted by Gasteiger charge is 2.33. The van der Waals surface area contributed by atoms with E-state index in [4.69, 9.17) is 4.74 Å². The Morgan fingerprint density at radius 1 is 1.44 bits per heavy atom. The Kier molecular flexibility index (Phi) is 3.51. The van der Waals surface area contributed by atoms with Gasteiger partial charge < -0.3 is 20.1 Å². The van der Waals surface area contributed by atoms with Gasteiger partial charge in [0.15, 0.2) is 0 Å². The topological polar surface area (TPSA) is 83.4 Å². The van der Waals surface area contributed by atoms with Crippen LogP contribution in [0.15, 0.2) is 0 Å². The first-order chi connectivity index (χ1) is 8.54.